The van der Waals surface area contributed by atoms with Crippen LogP contribution in [0.3, 0.4) is 0 Å². The van der Waals surface area contributed by atoms with Gasteiger partial charge in [0.05, 0.1) is 11.4 Å². The van der Waals surface area contributed by atoms with Gasteiger partial charge in [-0.15, -0.1) is 0 Å². The molecule has 3 rings (SSSR count). The van der Waals surface area contributed by atoms with Crippen LogP contribution in [0.15, 0.2) is 65.4 Å². The van der Waals surface area contributed by atoms with Gasteiger partial charge < -0.3 is 4.74 Å². The largest absolute Gasteiger partial charge is 0.433 e. The molecule has 0 bridgehead atoms. The summed E-state index contributed by atoms with van der Waals surface area (Å²) in [6, 6.07) is 13.7. The molecule has 0 saturated carbocycles. The summed E-state index contributed by atoms with van der Waals surface area (Å²) < 4.78 is 30.7. The fourth-order valence-electron chi connectivity index (χ4n) is 3.01. The van der Waals surface area contributed by atoms with Gasteiger partial charge in [-0.3, -0.25) is 4.79 Å². The van der Waals surface area contributed by atoms with Crippen molar-refractivity contribution < 1.29 is 18.3 Å². The highest BCUT2D eigenvalue weighted by molar-refractivity contribution is 6.03. The molecule has 0 saturated heterocycles. The molecule has 0 aliphatic carbocycles. The highest BCUT2D eigenvalue weighted by atomic mass is 19.3. The summed E-state index contributed by atoms with van der Waals surface area (Å²) in [5, 5.41) is 6.62. The molecule has 0 N–H and O–H groups in total. The molecule has 2 aromatic rings. The second kappa shape index (κ2) is 8.33. The number of carbonyl (C=O) groups excluding carboxylic acids is 1. The van der Waals surface area contributed by atoms with Crippen LogP contribution < -0.4 is 9.75 Å². The molecule has 0 radical (unpaired) electrons. The van der Waals surface area contributed by atoms with Crippen LogP contribution >= 0.6 is 0 Å². The van der Waals surface area contributed by atoms with E-state index >= 15 is 0 Å². The SMILES string of the molecule is CCCC1=CCC(c2ccc(C=O)cc2)=NN1c1ccc(OC(C)(F)F)cc1. The van der Waals surface area contributed by atoms with Crippen molar-refractivity contribution in [1.29, 1.82) is 0 Å². The Hall–Kier alpha value is -3.02. The van der Waals surface area contributed by atoms with Crippen molar-refractivity contribution >= 4 is 17.7 Å². The van der Waals surface area contributed by atoms with Gasteiger partial charge >= 0.3 is 6.11 Å². The standard InChI is InChI=1S/C22H22F2N2O2/c1-3-4-18-11-14-21(17-7-5-16(15-27)6-8-17)25-26(18)19-9-12-20(13-10-19)28-22(2,23)24/h5-13,15H,3-4,14H2,1-2H3. The first kappa shape index (κ1) is 19.7. The third kappa shape index (κ3) is 4.82. The van der Waals surface area contributed by atoms with Crippen LogP contribution in [0.25, 0.3) is 0 Å². The normalized spacial score (nSPS) is 14.4. The Morgan fingerprint density at radius 3 is 2.39 bits per heavy atom. The Bertz CT molecular complexity index is 882. The van der Waals surface area contributed by atoms with Crippen LogP contribution in [0.1, 0.15) is 49.0 Å². The predicted molar refractivity (Wildman–Crippen MR) is 106 cm³/mol. The molecule has 1 heterocycles. The lowest BCUT2D eigenvalue weighted by molar-refractivity contribution is -0.158. The fraction of sp³-hybridized carbons (Fsp3) is 0.273. The zero-order valence-corrected chi connectivity index (χ0v) is 15.9. The van der Waals surface area contributed by atoms with E-state index in [1.165, 1.54) is 12.1 Å². The van der Waals surface area contributed by atoms with Gasteiger partial charge in [-0.05, 0) is 36.2 Å². The summed E-state index contributed by atoms with van der Waals surface area (Å²) in [6.07, 6.45) is 2.22. The fourth-order valence-corrected chi connectivity index (χ4v) is 3.01. The predicted octanol–water partition coefficient (Wildman–Crippen LogP) is 5.79. The molecule has 0 amide bonds. The van der Waals surface area contributed by atoms with Gasteiger partial charge in [-0.1, -0.05) is 43.7 Å². The topological polar surface area (TPSA) is 41.9 Å². The lowest BCUT2D eigenvalue weighted by atomic mass is 10.0. The number of alkyl halides is 2. The van der Waals surface area contributed by atoms with E-state index in [0.717, 1.165) is 41.8 Å². The zero-order chi connectivity index (χ0) is 20.1. The minimum absolute atomic E-state index is 0.0999. The van der Waals surface area contributed by atoms with Gasteiger partial charge in [-0.2, -0.15) is 13.9 Å². The van der Waals surface area contributed by atoms with Gasteiger partial charge in [-0.25, -0.2) is 5.01 Å². The molecule has 0 atom stereocenters. The Balaban J connectivity index is 1.89. The molecule has 0 fully saturated rings. The number of allylic oxidation sites excluding steroid dienone is 2. The van der Waals surface area contributed by atoms with Crippen LogP contribution in [0.4, 0.5) is 14.5 Å². The Morgan fingerprint density at radius 2 is 1.82 bits per heavy atom. The zero-order valence-electron chi connectivity index (χ0n) is 15.9. The van der Waals surface area contributed by atoms with E-state index in [9.17, 15) is 13.6 Å². The molecule has 0 unspecified atom stereocenters. The minimum Gasteiger partial charge on any atom is -0.433 e. The van der Waals surface area contributed by atoms with Gasteiger partial charge in [0.15, 0.2) is 0 Å². The first-order valence-electron chi connectivity index (χ1n) is 9.19. The lowest BCUT2D eigenvalue weighted by Gasteiger charge is -2.27. The molecule has 1 aliphatic heterocycles. The molecular formula is C22H22F2N2O2. The van der Waals surface area contributed by atoms with Crippen molar-refractivity contribution in [2.24, 2.45) is 5.10 Å². The molecule has 2 aromatic carbocycles. The average molecular weight is 384 g/mol. The average Bonchev–Trinajstić information content (AvgIpc) is 2.68. The van der Waals surface area contributed by atoms with Gasteiger partial charge in [0.25, 0.3) is 0 Å². The van der Waals surface area contributed by atoms with Crippen molar-refractivity contribution in [1.82, 2.24) is 0 Å². The number of rotatable bonds is 7. The minimum atomic E-state index is -3.22. The molecule has 146 valence electrons. The Morgan fingerprint density at radius 1 is 1.14 bits per heavy atom. The van der Waals surface area contributed by atoms with Gasteiger partial charge in [0, 0.05) is 24.6 Å². The second-order valence-electron chi connectivity index (χ2n) is 6.65. The highest BCUT2D eigenvalue weighted by Gasteiger charge is 2.23. The maximum absolute atomic E-state index is 13.0. The van der Waals surface area contributed by atoms with Crippen LogP contribution in [-0.4, -0.2) is 18.1 Å². The number of hydrogen-bond donors (Lipinski definition) is 0. The first-order valence-corrected chi connectivity index (χ1v) is 9.19. The van der Waals surface area contributed by atoms with Crippen molar-refractivity contribution in [2.45, 2.75) is 39.2 Å². The number of anilines is 1. The Labute approximate surface area is 163 Å². The van der Waals surface area contributed by atoms with Crippen LogP contribution in [0.5, 0.6) is 5.75 Å². The summed E-state index contributed by atoms with van der Waals surface area (Å²) in [5.41, 5.74) is 4.26. The molecule has 0 spiro atoms. The van der Waals surface area contributed by atoms with Crippen molar-refractivity contribution in [3.05, 3.63) is 71.4 Å². The molecular weight excluding hydrogens is 362 g/mol. The van der Waals surface area contributed by atoms with Crippen LogP contribution in [0, 0.1) is 0 Å². The molecule has 0 aromatic heterocycles. The summed E-state index contributed by atoms with van der Waals surface area (Å²) in [5.74, 6) is 0.0999. The molecule has 4 nitrogen and oxygen atoms in total. The van der Waals surface area contributed by atoms with E-state index in [4.69, 9.17) is 5.10 Å². The first-order chi connectivity index (χ1) is 13.4. The Kier molecular flexibility index (Phi) is 5.87. The van der Waals surface area contributed by atoms with Crippen molar-refractivity contribution in [3.63, 3.8) is 0 Å². The number of nitrogens with zero attached hydrogens (tertiary/aromatic N) is 2. The number of benzene rings is 2. The molecule has 6 heteroatoms. The number of aldehydes is 1. The highest BCUT2D eigenvalue weighted by Crippen LogP contribution is 2.30. The van der Waals surface area contributed by atoms with Gasteiger partial charge in [0.2, 0.25) is 0 Å². The maximum atomic E-state index is 13.0. The molecule has 28 heavy (non-hydrogen) atoms. The van der Waals surface area contributed by atoms with Crippen molar-refractivity contribution in [2.75, 3.05) is 5.01 Å². The summed E-state index contributed by atoms with van der Waals surface area (Å²) in [6.45, 7) is 2.80. The maximum Gasteiger partial charge on any atom is 0.394 e. The lowest BCUT2D eigenvalue weighted by Crippen LogP contribution is -2.23. The third-order valence-corrected chi connectivity index (χ3v) is 4.29. The van der Waals surface area contributed by atoms with E-state index < -0.39 is 6.11 Å². The van der Waals surface area contributed by atoms with E-state index in [0.29, 0.717) is 18.9 Å². The van der Waals surface area contributed by atoms with E-state index in [2.05, 4.69) is 17.7 Å². The second-order valence-corrected chi connectivity index (χ2v) is 6.65. The number of hydrazone groups is 1. The quantitative estimate of drug-likeness (QED) is 0.568. The van der Waals surface area contributed by atoms with Crippen LogP contribution in [-0.2, 0) is 0 Å². The van der Waals surface area contributed by atoms with E-state index in [1.807, 2.05) is 17.1 Å². The van der Waals surface area contributed by atoms with Gasteiger partial charge in [0.1, 0.15) is 12.0 Å². The monoisotopic (exact) mass is 384 g/mol. The number of carbonyl (C=O) groups is 1. The van der Waals surface area contributed by atoms with E-state index in [1.54, 1.807) is 24.3 Å². The van der Waals surface area contributed by atoms with E-state index in [-0.39, 0.29) is 5.75 Å². The number of hydrogen-bond acceptors (Lipinski definition) is 4. The summed E-state index contributed by atoms with van der Waals surface area (Å²) in [4.78, 5) is 10.9. The van der Waals surface area contributed by atoms with Crippen molar-refractivity contribution in [3.8, 4) is 5.75 Å². The smallest absolute Gasteiger partial charge is 0.394 e. The third-order valence-electron chi connectivity index (χ3n) is 4.29. The van der Waals surface area contributed by atoms with Crippen LogP contribution in [0.2, 0.25) is 0 Å². The summed E-state index contributed by atoms with van der Waals surface area (Å²) >= 11 is 0. The number of halogens is 2. The number of ether oxygens (including phenoxy) is 1. The molecule has 1 aliphatic rings. The summed E-state index contributed by atoms with van der Waals surface area (Å²) in [7, 11) is 0.